The van der Waals surface area contributed by atoms with E-state index >= 15 is 0 Å². The lowest BCUT2D eigenvalue weighted by molar-refractivity contribution is 0.0162. The number of hydrogen-bond donors (Lipinski definition) is 1. The van der Waals surface area contributed by atoms with E-state index in [9.17, 15) is 13.2 Å². The van der Waals surface area contributed by atoms with E-state index in [0.717, 1.165) is 29.3 Å². The Balaban J connectivity index is 1.47. The molecule has 1 amide bonds. The zero-order valence-corrected chi connectivity index (χ0v) is 20.4. The molecule has 0 radical (unpaired) electrons. The average molecular weight is 491 g/mol. The SMILES string of the molecule is COc1ccc([C@@H](CNC(=O)c2ccccc2S[C@@H]2CCS(=O)(=O)C2)N2CCOCC2)cc1. The molecule has 0 saturated carbocycles. The van der Waals surface area contributed by atoms with Crippen LogP contribution in [0.15, 0.2) is 53.4 Å². The summed E-state index contributed by atoms with van der Waals surface area (Å²) in [6.07, 6.45) is 0.625. The van der Waals surface area contributed by atoms with Crippen LogP contribution in [0.1, 0.15) is 28.4 Å². The zero-order valence-electron chi connectivity index (χ0n) is 18.7. The molecule has 2 saturated heterocycles. The molecule has 0 aromatic heterocycles. The number of morpholine rings is 1. The van der Waals surface area contributed by atoms with Crippen LogP contribution in [-0.2, 0) is 14.6 Å². The minimum absolute atomic E-state index is 0.00986. The summed E-state index contributed by atoms with van der Waals surface area (Å²) in [5.41, 5.74) is 1.69. The van der Waals surface area contributed by atoms with E-state index in [0.29, 0.717) is 31.7 Å². The van der Waals surface area contributed by atoms with Crippen LogP contribution in [0.25, 0.3) is 0 Å². The third kappa shape index (κ3) is 6.29. The normalized spacial score (nSPS) is 21.4. The van der Waals surface area contributed by atoms with Crippen LogP contribution in [0.2, 0.25) is 0 Å². The largest absolute Gasteiger partial charge is 0.497 e. The molecule has 178 valence electrons. The number of sulfone groups is 1. The number of benzene rings is 2. The van der Waals surface area contributed by atoms with Gasteiger partial charge < -0.3 is 14.8 Å². The molecule has 2 aliphatic rings. The molecule has 4 rings (SSSR count). The Morgan fingerprint density at radius 1 is 1.18 bits per heavy atom. The van der Waals surface area contributed by atoms with Crippen molar-refractivity contribution in [2.75, 3.05) is 51.5 Å². The van der Waals surface area contributed by atoms with Gasteiger partial charge in [-0.1, -0.05) is 24.3 Å². The molecular weight excluding hydrogens is 460 g/mol. The van der Waals surface area contributed by atoms with E-state index in [1.165, 1.54) is 11.8 Å². The van der Waals surface area contributed by atoms with Crippen molar-refractivity contribution in [3.8, 4) is 5.75 Å². The Hall–Kier alpha value is -2.07. The van der Waals surface area contributed by atoms with Crippen LogP contribution in [-0.4, -0.2) is 75.9 Å². The van der Waals surface area contributed by atoms with Gasteiger partial charge in [-0.25, -0.2) is 8.42 Å². The first-order valence-corrected chi connectivity index (χ1v) is 13.9. The molecule has 0 aliphatic carbocycles. The monoisotopic (exact) mass is 490 g/mol. The first-order chi connectivity index (χ1) is 15.9. The van der Waals surface area contributed by atoms with Gasteiger partial charge in [-0.05, 0) is 36.2 Å². The summed E-state index contributed by atoms with van der Waals surface area (Å²) in [5, 5.41) is 3.11. The molecule has 2 aliphatic heterocycles. The number of carbonyl (C=O) groups excluding carboxylic acids is 1. The van der Waals surface area contributed by atoms with E-state index in [1.807, 2.05) is 42.5 Å². The summed E-state index contributed by atoms with van der Waals surface area (Å²) in [7, 11) is -1.32. The molecule has 0 unspecified atom stereocenters. The summed E-state index contributed by atoms with van der Waals surface area (Å²) in [4.78, 5) is 16.3. The van der Waals surface area contributed by atoms with Gasteiger partial charge >= 0.3 is 0 Å². The highest BCUT2D eigenvalue weighted by molar-refractivity contribution is 8.02. The lowest BCUT2D eigenvalue weighted by Gasteiger charge is -2.35. The fourth-order valence-electron chi connectivity index (χ4n) is 4.25. The quantitative estimate of drug-likeness (QED) is 0.609. The van der Waals surface area contributed by atoms with Gasteiger partial charge in [0.05, 0.1) is 43.4 Å². The summed E-state index contributed by atoms with van der Waals surface area (Å²) in [5.74, 6) is 1.04. The number of hydrogen-bond acceptors (Lipinski definition) is 7. The van der Waals surface area contributed by atoms with Gasteiger partial charge in [0.2, 0.25) is 0 Å². The highest BCUT2D eigenvalue weighted by Crippen LogP contribution is 2.33. The number of thioether (sulfide) groups is 1. The molecular formula is C24H30N2O5S2. The fourth-order valence-corrected chi connectivity index (χ4v) is 7.87. The van der Waals surface area contributed by atoms with Crippen molar-refractivity contribution < 1.29 is 22.7 Å². The second-order valence-corrected chi connectivity index (χ2v) is 11.9. The summed E-state index contributed by atoms with van der Waals surface area (Å²) < 4.78 is 34.5. The van der Waals surface area contributed by atoms with E-state index in [-0.39, 0.29) is 28.7 Å². The Morgan fingerprint density at radius 2 is 1.91 bits per heavy atom. The third-order valence-corrected chi connectivity index (χ3v) is 9.38. The van der Waals surface area contributed by atoms with Crippen molar-refractivity contribution in [3.63, 3.8) is 0 Å². The lowest BCUT2D eigenvalue weighted by Crippen LogP contribution is -2.43. The number of methoxy groups -OCH3 is 1. The molecule has 7 nitrogen and oxygen atoms in total. The smallest absolute Gasteiger partial charge is 0.252 e. The van der Waals surface area contributed by atoms with Crippen molar-refractivity contribution in [2.24, 2.45) is 0 Å². The van der Waals surface area contributed by atoms with E-state index in [1.54, 1.807) is 13.2 Å². The molecule has 2 fully saturated rings. The number of rotatable bonds is 8. The van der Waals surface area contributed by atoms with E-state index in [2.05, 4.69) is 10.2 Å². The standard InChI is InChI=1S/C24H30N2O5S2/c1-30-19-8-6-18(7-9-19)22(26-11-13-31-14-12-26)16-25-24(27)21-4-2-3-5-23(21)32-20-10-15-33(28,29)17-20/h2-9,20,22H,10-17H2,1H3,(H,25,27)/t20-,22-/m1/s1. The van der Waals surface area contributed by atoms with Gasteiger partial charge in [-0.15, -0.1) is 11.8 Å². The third-order valence-electron chi connectivity index (χ3n) is 6.06. The van der Waals surface area contributed by atoms with Gasteiger partial charge in [0, 0.05) is 29.8 Å². The predicted molar refractivity (Wildman–Crippen MR) is 130 cm³/mol. The predicted octanol–water partition coefficient (Wildman–Crippen LogP) is 2.78. The van der Waals surface area contributed by atoms with Gasteiger partial charge in [-0.2, -0.15) is 0 Å². The van der Waals surface area contributed by atoms with Crippen molar-refractivity contribution >= 4 is 27.5 Å². The van der Waals surface area contributed by atoms with Crippen molar-refractivity contribution in [1.29, 1.82) is 0 Å². The van der Waals surface area contributed by atoms with Crippen LogP contribution in [0, 0.1) is 0 Å². The molecule has 0 bridgehead atoms. The molecule has 9 heteroatoms. The van der Waals surface area contributed by atoms with E-state index in [4.69, 9.17) is 9.47 Å². The number of nitrogens with zero attached hydrogens (tertiary/aromatic N) is 1. The molecule has 1 N–H and O–H groups in total. The highest BCUT2D eigenvalue weighted by Gasteiger charge is 2.30. The Labute approximate surface area is 199 Å². The Morgan fingerprint density at radius 3 is 2.58 bits per heavy atom. The highest BCUT2D eigenvalue weighted by atomic mass is 32.2. The first-order valence-electron chi connectivity index (χ1n) is 11.2. The van der Waals surface area contributed by atoms with Crippen molar-refractivity contribution in [2.45, 2.75) is 22.6 Å². The summed E-state index contributed by atoms with van der Waals surface area (Å²) in [6.45, 7) is 3.40. The van der Waals surface area contributed by atoms with Crippen LogP contribution >= 0.6 is 11.8 Å². The van der Waals surface area contributed by atoms with Crippen molar-refractivity contribution in [3.05, 3.63) is 59.7 Å². The minimum Gasteiger partial charge on any atom is -0.497 e. The van der Waals surface area contributed by atoms with Crippen LogP contribution in [0.4, 0.5) is 0 Å². The second kappa shape index (κ2) is 10.9. The Bertz CT molecular complexity index is 1050. The van der Waals surface area contributed by atoms with E-state index < -0.39 is 9.84 Å². The lowest BCUT2D eigenvalue weighted by atomic mass is 10.0. The second-order valence-electron chi connectivity index (χ2n) is 8.29. The van der Waals surface area contributed by atoms with Crippen molar-refractivity contribution in [1.82, 2.24) is 10.2 Å². The average Bonchev–Trinajstić information content (AvgIpc) is 3.18. The number of amides is 1. The zero-order chi connectivity index (χ0) is 23.3. The molecule has 2 heterocycles. The number of carbonyl (C=O) groups is 1. The van der Waals surface area contributed by atoms with Gasteiger partial charge in [-0.3, -0.25) is 9.69 Å². The minimum atomic E-state index is -2.96. The van der Waals surface area contributed by atoms with Gasteiger partial charge in [0.15, 0.2) is 9.84 Å². The maximum Gasteiger partial charge on any atom is 0.252 e. The maximum absolute atomic E-state index is 13.2. The summed E-state index contributed by atoms with van der Waals surface area (Å²) >= 11 is 1.49. The maximum atomic E-state index is 13.2. The molecule has 2 atom stereocenters. The first kappa shape index (κ1) is 24.1. The van der Waals surface area contributed by atoms with Crippen LogP contribution < -0.4 is 10.1 Å². The fraction of sp³-hybridized carbons (Fsp3) is 0.458. The molecule has 0 spiro atoms. The molecule has 2 aromatic carbocycles. The van der Waals surface area contributed by atoms with Gasteiger partial charge in [0.1, 0.15) is 5.75 Å². The Kier molecular flexibility index (Phi) is 7.95. The molecule has 2 aromatic rings. The number of ether oxygens (including phenoxy) is 2. The van der Waals surface area contributed by atoms with Crippen LogP contribution in [0.3, 0.4) is 0 Å². The van der Waals surface area contributed by atoms with Crippen LogP contribution in [0.5, 0.6) is 5.75 Å². The van der Waals surface area contributed by atoms with Gasteiger partial charge in [0.25, 0.3) is 5.91 Å². The molecule has 33 heavy (non-hydrogen) atoms. The number of nitrogens with one attached hydrogen (secondary N) is 1. The topological polar surface area (TPSA) is 84.9 Å². The summed E-state index contributed by atoms with van der Waals surface area (Å²) in [6, 6.07) is 15.4.